The highest BCUT2D eigenvalue weighted by atomic mass is 16.2. The lowest BCUT2D eigenvalue weighted by Gasteiger charge is -2.34. The van der Waals surface area contributed by atoms with Gasteiger partial charge in [-0.1, -0.05) is 25.7 Å². The van der Waals surface area contributed by atoms with E-state index in [0.29, 0.717) is 26.1 Å². The van der Waals surface area contributed by atoms with Crippen LogP contribution in [0.3, 0.4) is 0 Å². The number of carbonyl (C=O) groups excluding carboxylic acids is 8. The Hall–Kier alpha value is -4.48. The van der Waals surface area contributed by atoms with Crippen molar-refractivity contribution >= 4 is 47.3 Å². The largest absolute Gasteiger partial charge is 0.275 e. The zero-order valence-electron chi connectivity index (χ0n) is 24.0. The van der Waals surface area contributed by atoms with Crippen molar-refractivity contribution < 1.29 is 38.4 Å². The molecular weight excluding hydrogens is 544 g/mol. The number of imide groups is 4. The Morgan fingerprint density at radius 2 is 0.667 bits per heavy atom. The van der Waals surface area contributed by atoms with E-state index in [9.17, 15) is 38.4 Å². The topological polar surface area (TPSA) is 150 Å². The number of rotatable bonds is 14. The monoisotopic (exact) mass is 580 g/mol. The van der Waals surface area contributed by atoms with Crippen LogP contribution in [0.25, 0.3) is 0 Å². The van der Waals surface area contributed by atoms with Crippen molar-refractivity contribution in [2.24, 2.45) is 0 Å². The van der Waals surface area contributed by atoms with Crippen LogP contribution >= 0.6 is 0 Å². The summed E-state index contributed by atoms with van der Waals surface area (Å²) in [5, 5.41) is 0. The van der Waals surface area contributed by atoms with Crippen LogP contribution in [-0.2, 0) is 38.4 Å². The molecule has 0 radical (unpaired) electrons. The third-order valence-corrected chi connectivity index (χ3v) is 7.30. The predicted octanol–water partition coefficient (Wildman–Crippen LogP) is 1.57. The first kappa shape index (κ1) is 32.0. The van der Waals surface area contributed by atoms with Gasteiger partial charge in [0, 0.05) is 73.8 Å². The molecule has 42 heavy (non-hydrogen) atoms. The molecule has 4 aliphatic rings. The van der Waals surface area contributed by atoms with Crippen molar-refractivity contribution in [3.63, 3.8) is 0 Å². The maximum atomic E-state index is 11.7. The number of unbranched alkanes of at least 4 members (excludes halogenated alkanes) is 5. The van der Waals surface area contributed by atoms with Gasteiger partial charge in [0.15, 0.2) is 0 Å². The van der Waals surface area contributed by atoms with Crippen LogP contribution in [0.5, 0.6) is 0 Å². The first-order chi connectivity index (χ1) is 19.9. The van der Waals surface area contributed by atoms with Gasteiger partial charge in [0.1, 0.15) is 0 Å². The minimum atomic E-state index is -0.529. The zero-order valence-corrected chi connectivity index (χ0v) is 24.0. The number of hydrogen-bond donors (Lipinski definition) is 0. The molecule has 4 rings (SSSR count). The van der Waals surface area contributed by atoms with E-state index in [1.54, 1.807) is 0 Å². The summed E-state index contributed by atoms with van der Waals surface area (Å²) in [6.45, 7) is 5.00. The molecule has 8 amide bonds. The second-order valence-corrected chi connectivity index (χ2v) is 10.9. The fourth-order valence-corrected chi connectivity index (χ4v) is 4.96. The van der Waals surface area contributed by atoms with E-state index < -0.39 is 5.54 Å². The van der Waals surface area contributed by atoms with Gasteiger partial charge in [-0.3, -0.25) is 58.0 Å². The molecule has 0 spiro atoms. The van der Waals surface area contributed by atoms with E-state index in [1.165, 1.54) is 68.2 Å². The molecule has 12 heteroatoms. The number of amides is 8. The summed E-state index contributed by atoms with van der Waals surface area (Å²) in [5.41, 5.74) is -0.529. The van der Waals surface area contributed by atoms with Gasteiger partial charge in [-0.05, 0) is 39.5 Å². The van der Waals surface area contributed by atoms with Gasteiger partial charge in [0.2, 0.25) is 0 Å². The minimum Gasteiger partial charge on any atom is -0.275 e. The summed E-state index contributed by atoms with van der Waals surface area (Å²) in [6.07, 6.45) is 16.5. The molecule has 0 N–H and O–H groups in total. The van der Waals surface area contributed by atoms with Gasteiger partial charge in [-0.25, -0.2) is 0 Å². The average Bonchev–Trinajstić information content (AvgIpc) is 3.65. The van der Waals surface area contributed by atoms with Crippen LogP contribution in [0.2, 0.25) is 0 Å². The smallest absolute Gasteiger partial charge is 0.254 e. The molecule has 4 aliphatic heterocycles. The highest BCUT2D eigenvalue weighted by Crippen LogP contribution is 2.25. The molecule has 4 heterocycles. The Kier molecular flexibility index (Phi) is 11.0. The SMILES string of the molecule is CC(C)(CCCCCN1C(=O)C=CC1=O)N1C(=O)C=CC1=O.O=C1C=CC(=O)N1CCCCCCN1C(=O)C=CC1=O. The van der Waals surface area contributed by atoms with E-state index >= 15 is 0 Å². The standard InChI is InChI=1S/C16H20N2O4.C14H16N2O4/c1-16(2,18-14(21)8-9-15(18)22)10-4-3-5-11-17-12(19)6-7-13(17)20;17-11-5-6-12(18)15(11)9-3-1-2-4-10-16-13(19)7-8-14(16)20/h6-9H,3-5,10-11H2,1-2H3;5-8H,1-4,9-10H2. The molecular formula is C30H36N4O8. The lowest BCUT2D eigenvalue weighted by Crippen LogP contribution is -2.47. The summed E-state index contributed by atoms with van der Waals surface area (Å²) in [6, 6.07) is 0. The van der Waals surface area contributed by atoms with E-state index in [2.05, 4.69) is 0 Å². The van der Waals surface area contributed by atoms with Crippen molar-refractivity contribution in [2.75, 3.05) is 19.6 Å². The molecule has 0 atom stereocenters. The Balaban J connectivity index is 0.000000231. The molecule has 0 unspecified atom stereocenters. The van der Waals surface area contributed by atoms with Gasteiger partial charge in [-0.15, -0.1) is 0 Å². The van der Waals surface area contributed by atoms with Gasteiger partial charge in [0.05, 0.1) is 0 Å². The second-order valence-electron chi connectivity index (χ2n) is 10.9. The van der Waals surface area contributed by atoms with Gasteiger partial charge in [-0.2, -0.15) is 0 Å². The van der Waals surface area contributed by atoms with Crippen LogP contribution in [0.4, 0.5) is 0 Å². The van der Waals surface area contributed by atoms with Crippen molar-refractivity contribution in [2.45, 2.75) is 70.8 Å². The van der Waals surface area contributed by atoms with E-state index in [1.807, 2.05) is 13.8 Å². The first-order valence-corrected chi connectivity index (χ1v) is 14.1. The fourth-order valence-electron chi connectivity index (χ4n) is 4.96. The van der Waals surface area contributed by atoms with E-state index in [-0.39, 0.29) is 47.3 Å². The van der Waals surface area contributed by atoms with Crippen LogP contribution in [-0.4, -0.2) is 92.0 Å². The van der Waals surface area contributed by atoms with E-state index in [0.717, 1.165) is 44.9 Å². The van der Waals surface area contributed by atoms with Crippen LogP contribution in [0.15, 0.2) is 48.6 Å². The minimum absolute atomic E-state index is 0.255. The average molecular weight is 581 g/mol. The zero-order chi connectivity index (χ0) is 30.9. The van der Waals surface area contributed by atoms with E-state index in [4.69, 9.17) is 0 Å². The van der Waals surface area contributed by atoms with Crippen LogP contribution in [0, 0.1) is 0 Å². The Labute approximate surface area is 244 Å². The lowest BCUT2D eigenvalue weighted by atomic mass is 9.94. The van der Waals surface area contributed by atoms with Gasteiger partial charge >= 0.3 is 0 Å². The first-order valence-electron chi connectivity index (χ1n) is 14.1. The lowest BCUT2D eigenvalue weighted by molar-refractivity contribution is -0.144. The molecule has 0 aliphatic carbocycles. The summed E-state index contributed by atoms with van der Waals surface area (Å²) in [7, 11) is 0. The summed E-state index contributed by atoms with van der Waals surface area (Å²) in [5.74, 6) is -2.08. The third-order valence-electron chi connectivity index (χ3n) is 7.30. The molecule has 12 nitrogen and oxygen atoms in total. The molecule has 0 aromatic heterocycles. The van der Waals surface area contributed by atoms with Gasteiger partial charge in [0.25, 0.3) is 47.3 Å². The summed E-state index contributed by atoms with van der Waals surface area (Å²) < 4.78 is 0. The third kappa shape index (κ3) is 8.27. The Morgan fingerprint density at radius 3 is 0.976 bits per heavy atom. The fraction of sp³-hybridized carbons (Fsp3) is 0.467. The van der Waals surface area contributed by atoms with Crippen LogP contribution in [0.1, 0.15) is 65.2 Å². The highest BCUT2D eigenvalue weighted by molar-refractivity contribution is 6.14. The van der Waals surface area contributed by atoms with Crippen molar-refractivity contribution in [3.05, 3.63) is 48.6 Å². The maximum absolute atomic E-state index is 11.7. The highest BCUT2D eigenvalue weighted by Gasteiger charge is 2.36. The normalized spacial score (nSPS) is 18.1. The van der Waals surface area contributed by atoms with Crippen LogP contribution < -0.4 is 0 Å². The Morgan fingerprint density at radius 1 is 0.405 bits per heavy atom. The van der Waals surface area contributed by atoms with Crippen molar-refractivity contribution in [1.82, 2.24) is 19.6 Å². The molecule has 0 bridgehead atoms. The van der Waals surface area contributed by atoms with Gasteiger partial charge < -0.3 is 0 Å². The summed E-state index contributed by atoms with van der Waals surface area (Å²) in [4.78, 5) is 96.2. The maximum Gasteiger partial charge on any atom is 0.254 e. The van der Waals surface area contributed by atoms with Crippen molar-refractivity contribution in [1.29, 1.82) is 0 Å². The Bertz CT molecular complexity index is 1160. The van der Waals surface area contributed by atoms with Crippen molar-refractivity contribution in [3.8, 4) is 0 Å². The molecule has 0 fully saturated rings. The molecule has 0 aromatic carbocycles. The molecule has 0 saturated carbocycles. The number of carbonyl (C=O) groups is 8. The number of nitrogens with zero attached hydrogens (tertiary/aromatic N) is 4. The molecule has 224 valence electrons. The molecule has 0 saturated heterocycles. The predicted molar refractivity (Wildman–Crippen MR) is 150 cm³/mol. The second kappa shape index (κ2) is 14.4. The summed E-state index contributed by atoms with van der Waals surface area (Å²) >= 11 is 0. The quantitative estimate of drug-likeness (QED) is 0.222. The molecule has 0 aromatic rings. The number of hydrogen-bond acceptors (Lipinski definition) is 8.